The van der Waals surface area contributed by atoms with Crippen LogP contribution in [0.1, 0.15) is 226 Å². The van der Waals surface area contributed by atoms with Gasteiger partial charge in [-0.15, -0.1) is 0 Å². The van der Waals surface area contributed by atoms with Crippen LogP contribution in [-0.4, -0.2) is 34.9 Å². The van der Waals surface area contributed by atoms with Crippen LogP contribution in [0, 0.1) is 0 Å². The van der Waals surface area contributed by atoms with Crippen molar-refractivity contribution >= 4 is 5.91 Å². The van der Waals surface area contributed by atoms with Crippen molar-refractivity contribution in [3.63, 3.8) is 0 Å². The normalized spacial score (nSPS) is 13.8. The molecule has 0 saturated heterocycles. The average molecular weight is 844 g/mol. The van der Waals surface area contributed by atoms with E-state index >= 15 is 0 Å². The Morgan fingerprint density at radius 2 is 0.738 bits per heavy atom. The first kappa shape index (κ1) is 58.0. The SMILES string of the molecule is CC/C=C\C/C=C\C/C=C\C/C=C\C/C=C\C/C=C\C/C=C\CCCCCCCCCCCCCCCC(=O)NC(CO)C(O)/C=C/CC/C=C/CCCCCCCCCC. The number of nitrogens with one attached hydrogen (secondary N) is 1. The highest BCUT2D eigenvalue weighted by Gasteiger charge is 2.17. The number of carbonyl (C=O) groups is 1. The summed E-state index contributed by atoms with van der Waals surface area (Å²) in [5, 5.41) is 23.0. The molecule has 0 saturated carbocycles. The van der Waals surface area contributed by atoms with Gasteiger partial charge in [0, 0.05) is 6.42 Å². The lowest BCUT2D eigenvalue weighted by Crippen LogP contribution is -2.45. The van der Waals surface area contributed by atoms with Crippen LogP contribution in [0.15, 0.2) is 109 Å². The molecule has 0 aliphatic carbocycles. The fraction of sp³-hybridized carbons (Fsp3) is 0.667. The summed E-state index contributed by atoms with van der Waals surface area (Å²) in [6.45, 7) is 4.17. The maximum absolute atomic E-state index is 12.4. The number of hydrogen-bond acceptors (Lipinski definition) is 3. The van der Waals surface area contributed by atoms with E-state index in [4.69, 9.17) is 0 Å². The lowest BCUT2D eigenvalue weighted by atomic mass is 10.0. The molecular weight excluding hydrogens is 747 g/mol. The second-order valence-corrected chi connectivity index (χ2v) is 16.8. The molecule has 0 aliphatic rings. The number of hydrogen-bond donors (Lipinski definition) is 3. The minimum atomic E-state index is -0.867. The third-order valence-electron chi connectivity index (χ3n) is 11.0. The highest BCUT2D eigenvalue weighted by Crippen LogP contribution is 2.14. The summed E-state index contributed by atoms with van der Waals surface area (Å²) in [5.74, 6) is -0.0799. The number of aliphatic hydroxyl groups excluding tert-OH is 2. The second kappa shape index (κ2) is 51.4. The number of rotatable bonds is 45. The Balaban J connectivity index is 3.58. The van der Waals surface area contributed by atoms with E-state index in [9.17, 15) is 15.0 Å². The standard InChI is InChI=1S/C57H97NO3/c1-3-5-7-9-11-13-15-17-19-20-21-22-23-24-25-26-27-28-29-30-31-32-33-34-35-36-37-38-39-41-43-45-47-49-51-53-57(61)58-55(54-59)56(60)52-50-48-46-44-42-40-18-16-14-12-10-8-6-4-2/h5,7,11,13,17,19,21-22,24-25,27-28,30-31,42,44,50,52,55-56,59-60H,3-4,6,8-10,12,14-16,18,20,23,26,29,32-41,43,45-49,51,53-54H2,1-2H3,(H,58,61)/b7-5-,13-11-,19-17-,22-21-,25-24-,28-27-,31-30-,44-42+,52-50+. The molecule has 2 atom stereocenters. The van der Waals surface area contributed by atoms with E-state index in [1.54, 1.807) is 6.08 Å². The zero-order valence-electron chi connectivity index (χ0n) is 39.9. The van der Waals surface area contributed by atoms with Gasteiger partial charge in [0.15, 0.2) is 0 Å². The summed E-state index contributed by atoms with van der Waals surface area (Å²) in [7, 11) is 0. The number of allylic oxidation sites excluding steroid dienone is 17. The molecule has 61 heavy (non-hydrogen) atoms. The van der Waals surface area contributed by atoms with Crippen LogP contribution < -0.4 is 5.32 Å². The van der Waals surface area contributed by atoms with Crippen LogP contribution in [0.2, 0.25) is 0 Å². The van der Waals surface area contributed by atoms with Gasteiger partial charge in [-0.05, 0) is 89.9 Å². The molecule has 0 heterocycles. The van der Waals surface area contributed by atoms with Crippen LogP contribution in [0.5, 0.6) is 0 Å². The Bertz CT molecular complexity index is 1180. The molecular formula is C57H97NO3. The third kappa shape index (κ3) is 47.9. The molecule has 0 radical (unpaired) electrons. The molecule has 0 aromatic heterocycles. The minimum absolute atomic E-state index is 0.0799. The van der Waals surface area contributed by atoms with E-state index in [1.165, 1.54) is 128 Å². The number of unbranched alkanes of at least 4 members (excludes halogenated alkanes) is 22. The van der Waals surface area contributed by atoms with Crippen LogP contribution >= 0.6 is 0 Å². The van der Waals surface area contributed by atoms with Crippen molar-refractivity contribution in [2.24, 2.45) is 0 Å². The third-order valence-corrected chi connectivity index (χ3v) is 11.0. The molecule has 2 unspecified atom stereocenters. The van der Waals surface area contributed by atoms with E-state index < -0.39 is 12.1 Å². The van der Waals surface area contributed by atoms with Crippen LogP contribution in [0.3, 0.4) is 0 Å². The maximum atomic E-state index is 12.4. The van der Waals surface area contributed by atoms with Gasteiger partial charge in [0.1, 0.15) is 0 Å². The first-order valence-corrected chi connectivity index (χ1v) is 25.6. The Labute approximate surface area is 378 Å². The molecule has 4 heteroatoms. The summed E-state index contributed by atoms with van der Waals surface area (Å²) in [6.07, 6.45) is 78.0. The van der Waals surface area contributed by atoms with Gasteiger partial charge in [-0.1, -0.05) is 239 Å². The van der Waals surface area contributed by atoms with Gasteiger partial charge in [0.05, 0.1) is 18.8 Å². The monoisotopic (exact) mass is 844 g/mol. The van der Waals surface area contributed by atoms with Gasteiger partial charge in [-0.3, -0.25) is 4.79 Å². The Hall–Kier alpha value is -2.95. The molecule has 4 nitrogen and oxygen atoms in total. The molecule has 0 spiro atoms. The Morgan fingerprint density at radius 3 is 1.15 bits per heavy atom. The Kier molecular flexibility index (Phi) is 48.9. The van der Waals surface area contributed by atoms with Gasteiger partial charge in [-0.2, -0.15) is 0 Å². The predicted octanol–water partition coefficient (Wildman–Crippen LogP) is 16.7. The molecule has 0 aromatic carbocycles. The maximum Gasteiger partial charge on any atom is 0.220 e. The van der Waals surface area contributed by atoms with Gasteiger partial charge >= 0.3 is 0 Å². The van der Waals surface area contributed by atoms with Crippen molar-refractivity contribution in [2.75, 3.05) is 6.61 Å². The molecule has 1 amide bonds. The van der Waals surface area contributed by atoms with Gasteiger partial charge < -0.3 is 15.5 Å². The van der Waals surface area contributed by atoms with Crippen LogP contribution in [0.4, 0.5) is 0 Å². The minimum Gasteiger partial charge on any atom is -0.394 e. The van der Waals surface area contributed by atoms with Gasteiger partial charge in [0.2, 0.25) is 5.91 Å². The van der Waals surface area contributed by atoms with Crippen molar-refractivity contribution in [3.8, 4) is 0 Å². The van der Waals surface area contributed by atoms with Crippen molar-refractivity contribution in [2.45, 2.75) is 238 Å². The lowest BCUT2D eigenvalue weighted by Gasteiger charge is -2.19. The first-order valence-electron chi connectivity index (χ1n) is 25.6. The summed E-state index contributed by atoms with van der Waals surface area (Å²) in [6, 6.07) is -0.645. The van der Waals surface area contributed by atoms with Crippen molar-refractivity contribution in [1.82, 2.24) is 5.32 Å². The van der Waals surface area contributed by atoms with E-state index in [1.807, 2.05) is 6.08 Å². The fourth-order valence-electron chi connectivity index (χ4n) is 7.11. The van der Waals surface area contributed by atoms with Crippen molar-refractivity contribution < 1.29 is 15.0 Å². The molecule has 348 valence electrons. The predicted molar refractivity (Wildman–Crippen MR) is 271 cm³/mol. The molecule has 0 rings (SSSR count). The van der Waals surface area contributed by atoms with Crippen molar-refractivity contribution in [1.29, 1.82) is 0 Å². The lowest BCUT2D eigenvalue weighted by molar-refractivity contribution is -0.123. The summed E-state index contributed by atoms with van der Waals surface area (Å²) < 4.78 is 0. The summed E-state index contributed by atoms with van der Waals surface area (Å²) in [5.41, 5.74) is 0. The molecule has 0 aliphatic heterocycles. The second-order valence-electron chi connectivity index (χ2n) is 16.8. The van der Waals surface area contributed by atoms with Crippen LogP contribution in [-0.2, 0) is 4.79 Å². The van der Waals surface area contributed by atoms with Crippen LogP contribution in [0.25, 0.3) is 0 Å². The number of amides is 1. The molecule has 0 fully saturated rings. The first-order chi connectivity index (χ1) is 30.2. The van der Waals surface area contributed by atoms with E-state index in [-0.39, 0.29) is 12.5 Å². The topological polar surface area (TPSA) is 69.6 Å². The van der Waals surface area contributed by atoms with Crippen molar-refractivity contribution in [3.05, 3.63) is 109 Å². The van der Waals surface area contributed by atoms with Gasteiger partial charge in [-0.25, -0.2) is 0 Å². The highest BCUT2D eigenvalue weighted by molar-refractivity contribution is 5.76. The fourth-order valence-corrected chi connectivity index (χ4v) is 7.11. The summed E-state index contributed by atoms with van der Waals surface area (Å²) >= 11 is 0. The molecule has 3 N–H and O–H groups in total. The quantitative estimate of drug-likeness (QED) is 0.0422. The molecule has 0 aromatic rings. The van der Waals surface area contributed by atoms with E-state index in [2.05, 4.69) is 116 Å². The van der Waals surface area contributed by atoms with E-state index in [0.29, 0.717) is 6.42 Å². The zero-order chi connectivity index (χ0) is 44.2. The largest absolute Gasteiger partial charge is 0.394 e. The summed E-state index contributed by atoms with van der Waals surface area (Å²) in [4.78, 5) is 12.4. The average Bonchev–Trinajstić information content (AvgIpc) is 3.26. The number of aliphatic hydroxyl groups is 2. The molecule has 0 bridgehead atoms. The smallest absolute Gasteiger partial charge is 0.220 e. The zero-order valence-corrected chi connectivity index (χ0v) is 39.9. The number of carbonyl (C=O) groups excluding carboxylic acids is 1. The highest BCUT2D eigenvalue weighted by atomic mass is 16.3. The Morgan fingerprint density at radius 1 is 0.410 bits per heavy atom. The van der Waals surface area contributed by atoms with E-state index in [0.717, 1.165) is 77.0 Å². The van der Waals surface area contributed by atoms with Gasteiger partial charge in [0.25, 0.3) is 0 Å².